The van der Waals surface area contributed by atoms with Crippen LogP contribution in [0.25, 0.3) is 10.2 Å². The Bertz CT molecular complexity index is 1590. The van der Waals surface area contributed by atoms with Crippen LogP contribution in [0, 0.1) is 22.7 Å². The van der Waals surface area contributed by atoms with Crippen molar-refractivity contribution in [2.75, 3.05) is 11.1 Å². The van der Waals surface area contributed by atoms with Crippen molar-refractivity contribution >= 4 is 49.5 Å². The Morgan fingerprint density at radius 2 is 1.92 bits per heavy atom. The molecule has 38 heavy (non-hydrogen) atoms. The topological polar surface area (TPSA) is 91.8 Å². The molecule has 2 aliphatic carbocycles. The highest BCUT2D eigenvalue weighted by Gasteiger charge is 2.31. The SMILES string of the molecule is CC(C)(C)C1CCc2nc3sc(C(=O)Nc4sc5c(c4C#N)CCC(c4ccccc4)C5)c(N)c3cc2C1. The van der Waals surface area contributed by atoms with Gasteiger partial charge in [0.15, 0.2) is 0 Å². The maximum atomic E-state index is 13.5. The zero-order valence-electron chi connectivity index (χ0n) is 22.1. The summed E-state index contributed by atoms with van der Waals surface area (Å²) in [7, 11) is 0. The molecule has 0 saturated carbocycles. The number of anilines is 2. The largest absolute Gasteiger partial charge is 0.397 e. The lowest BCUT2D eigenvalue weighted by atomic mass is 9.71. The number of carbonyl (C=O) groups excluding carboxylic acids is 1. The van der Waals surface area contributed by atoms with Crippen molar-refractivity contribution in [3.8, 4) is 6.07 Å². The zero-order chi connectivity index (χ0) is 26.6. The number of nitrogens with two attached hydrogens (primary N) is 1. The number of nitrogens with zero attached hydrogens (tertiary/aromatic N) is 2. The van der Waals surface area contributed by atoms with Crippen molar-refractivity contribution in [3.05, 3.63) is 74.1 Å². The van der Waals surface area contributed by atoms with Crippen LogP contribution < -0.4 is 11.1 Å². The molecule has 5 nitrogen and oxygen atoms in total. The van der Waals surface area contributed by atoms with Gasteiger partial charge in [0.1, 0.15) is 20.8 Å². The second kappa shape index (κ2) is 9.52. The average molecular weight is 541 g/mol. The summed E-state index contributed by atoms with van der Waals surface area (Å²) in [6.07, 6.45) is 5.84. The summed E-state index contributed by atoms with van der Waals surface area (Å²) in [4.78, 5) is 20.9. The third-order valence-corrected chi connectivity index (χ3v) is 10.7. The van der Waals surface area contributed by atoms with Crippen molar-refractivity contribution in [1.82, 2.24) is 4.98 Å². The summed E-state index contributed by atoms with van der Waals surface area (Å²) in [6.45, 7) is 6.90. The van der Waals surface area contributed by atoms with Crippen LogP contribution in [0.5, 0.6) is 0 Å². The minimum Gasteiger partial charge on any atom is -0.397 e. The Labute approximate surface area is 231 Å². The maximum Gasteiger partial charge on any atom is 0.268 e. The van der Waals surface area contributed by atoms with Crippen LogP contribution in [0.2, 0.25) is 0 Å². The molecule has 4 aromatic rings. The molecule has 3 heterocycles. The molecule has 2 aliphatic rings. The van der Waals surface area contributed by atoms with E-state index in [0.29, 0.717) is 33.0 Å². The third kappa shape index (κ3) is 4.40. The van der Waals surface area contributed by atoms with E-state index in [0.717, 1.165) is 60.0 Å². The van der Waals surface area contributed by atoms with Gasteiger partial charge in [0.2, 0.25) is 0 Å². The number of nitriles is 1. The van der Waals surface area contributed by atoms with Gasteiger partial charge in [0.25, 0.3) is 5.91 Å². The van der Waals surface area contributed by atoms with Gasteiger partial charge in [-0.05, 0) is 78.5 Å². The van der Waals surface area contributed by atoms with Crippen LogP contribution in [0.15, 0.2) is 36.4 Å². The number of amides is 1. The van der Waals surface area contributed by atoms with Crippen LogP contribution in [-0.2, 0) is 25.7 Å². The van der Waals surface area contributed by atoms with E-state index in [2.05, 4.69) is 62.5 Å². The smallest absolute Gasteiger partial charge is 0.268 e. The minimum absolute atomic E-state index is 0.247. The Kier molecular flexibility index (Phi) is 6.28. The lowest BCUT2D eigenvalue weighted by Gasteiger charge is -2.34. The Morgan fingerprint density at radius 3 is 2.66 bits per heavy atom. The van der Waals surface area contributed by atoms with E-state index < -0.39 is 0 Å². The van der Waals surface area contributed by atoms with E-state index in [1.54, 1.807) is 0 Å². The summed E-state index contributed by atoms with van der Waals surface area (Å²) in [6, 6.07) is 15.1. The van der Waals surface area contributed by atoms with Crippen LogP contribution in [0.1, 0.15) is 82.0 Å². The molecule has 1 amide bonds. The number of fused-ring (bicyclic) bond motifs is 3. The van der Waals surface area contributed by atoms with Gasteiger partial charge in [0.05, 0.1) is 11.3 Å². The number of thiophene rings is 2. The van der Waals surface area contributed by atoms with E-state index in [4.69, 9.17) is 10.7 Å². The van der Waals surface area contributed by atoms with Crippen molar-refractivity contribution in [2.24, 2.45) is 11.3 Å². The van der Waals surface area contributed by atoms with Gasteiger partial charge in [-0.25, -0.2) is 4.98 Å². The van der Waals surface area contributed by atoms with Gasteiger partial charge in [-0.1, -0.05) is 51.1 Å². The molecule has 0 aliphatic heterocycles. The van der Waals surface area contributed by atoms with Crippen molar-refractivity contribution in [2.45, 2.75) is 65.2 Å². The molecule has 194 valence electrons. The first-order chi connectivity index (χ1) is 18.2. The van der Waals surface area contributed by atoms with Gasteiger partial charge in [-0.2, -0.15) is 5.26 Å². The summed E-state index contributed by atoms with van der Waals surface area (Å²) in [5.41, 5.74) is 12.7. The standard InChI is InChI=1S/C31H32N4OS2/c1-31(2,3)20-10-12-24-19(13-20)14-22-26(33)27(38-29(22)34-24)28(36)35-30-23(16-32)21-11-9-18(15-25(21)37-30)17-7-5-4-6-8-17/h4-8,14,18,20H,9-13,15,33H2,1-3H3,(H,35,36). The molecule has 3 N–H and O–H groups in total. The third-order valence-electron chi connectivity index (χ3n) is 8.39. The monoisotopic (exact) mass is 540 g/mol. The molecule has 0 saturated heterocycles. The molecular weight excluding hydrogens is 509 g/mol. The maximum absolute atomic E-state index is 13.5. The molecule has 2 atom stereocenters. The number of nitrogens with one attached hydrogen (secondary N) is 1. The minimum atomic E-state index is -0.259. The number of carbonyl (C=O) groups is 1. The molecule has 7 heteroatoms. The highest BCUT2D eigenvalue weighted by molar-refractivity contribution is 7.21. The number of hydrogen-bond acceptors (Lipinski definition) is 6. The second-order valence-corrected chi connectivity index (χ2v) is 13.8. The number of hydrogen-bond donors (Lipinski definition) is 2. The molecule has 6 rings (SSSR count). The molecule has 2 unspecified atom stereocenters. The Morgan fingerprint density at radius 1 is 1.13 bits per heavy atom. The van der Waals surface area contributed by atoms with Crippen LogP contribution in [-0.4, -0.2) is 10.9 Å². The fourth-order valence-electron chi connectivity index (χ4n) is 6.06. The van der Waals surface area contributed by atoms with Crippen molar-refractivity contribution in [1.29, 1.82) is 5.26 Å². The fraction of sp³-hybridized carbons (Fsp3) is 0.387. The Balaban J connectivity index is 1.27. The summed E-state index contributed by atoms with van der Waals surface area (Å²) in [5, 5.41) is 14.5. The summed E-state index contributed by atoms with van der Waals surface area (Å²) in [5.74, 6) is 0.782. The van der Waals surface area contributed by atoms with Gasteiger partial charge >= 0.3 is 0 Å². The normalized spacial score (nSPS) is 19.0. The molecule has 0 spiro atoms. The zero-order valence-corrected chi connectivity index (χ0v) is 23.7. The molecule has 0 radical (unpaired) electrons. The number of nitrogen functional groups attached to an aromatic ring is 1. The van der Waals surface area contributed by atoms with E-state index >= 15 is 0 Å². The lowest BCUT2D eigenvalue weighted by molar-refractivity contribution is 0.103. The number of aromatic nitrogens is 1. The quantitative estimate of drug-likeness (QED) is 0.282. The Hall–Kier alpha value is -3.21. The first kappa shape index (κ1) is 25.1. The van der Waals surface area contributed by atoms with Crippen LogP contribution >= 0.6 is 22.7 Å². The van der Waals surface area contributed by atoms with Crippen LogP contribution in [0.4, 0.5) is 10.7 Å². The van der Waals surface area contributed by atoms with Gasteiger partial charge < -0.3 is 11.1 Å². The average Bonchev–Trinajstić information content (AvgIpc) is 3.42. The predicted octanol–water partition coefficient (Wildman–Crippen LogP) is 7.49. The first-order valence-corrected chi connectivity index (χ1v) is 15.0. The summed E-state index contributed by atoms with van der Waals surface area (Å²) >= 11 is 2.89. The van der Waals surface area contributed by atoms with E-state index in [9.17, 15) is 10.1 Å². The van der Waals surface area contributed by atoms with Crippen LogP contribution in [0.3, 0.4) is 0 Å². The number of pyridine rings is 1. The first-order valence-electron chi connectivity index (χ1n) is 13.3. The number of aryl methyl sites for hydroxylation is 1. The molecular formula is C31H32N4OS2. The van der Waals surface area contributed by atoms with E-state index in [1.165, 1.54) is 38.7 Å². The fourth-order valence-corrected chi connectivity index (χ4v) is 8.32. The van der Waals surface area contributed by atoms with Gasteiger partial charge in [-0.3, -0.25) is 4.79 Å². The van der Waals surface area contributed by atoms with E-state index in [1.807, 2.05) is 6.07 Å². The number of benzene rings is 1. The second-order valence-electron chi connectivity index (χ2n) is 11.7. The van der Waals surface area contributed by atoms with E-state index in [-0.39, 0.29) is 11.3 Å². The highest BCUT2D eigenvalue weighted by atomic mass is 32.1. The summed E-state index contributed by atoms with van der Waals surface area (Å²) < 4.78 is 0. The molecule has 3 aromatic heterocycles. The highest BCUT2D eigenvalue weighted by Crippen LogP contribution is 2.44. The predicted molar refractivity (Wildman–Crippen MR) is 157 cm³/mol. The van der Waals surface area contributed by atoms with Crippen molar-refractivity contribution in [3.63, 3.8) is 0 Å². The molecule has 1 aromatic carbocycles. The lowest BCUT2D eigenvalue weighted by Crippen LogP contribution is -2.27. The van der Waals surface area contributed by atoms with Crippen molar-refractivity contribution < 1.29 is 4.79 Å². The number of rotatable bonds is 3. The molecule has 0 bridgehead atoms. The van der Waals surface area contributed by atoms with Gasteiger partial charge in [0, 0.05) is 16.0 Å². The van der Waals surface area contributed by atoms with Gasteiger partial charge in [-0.15, -0.1) is 22.7 Å². The molecule has 0 fully saturated rings.